The molecule has 2 N–H and O–H groups in total. The van der Waals surface area contributed by atoms with Crippen LogP contribution in [-0.4, -0.2) is 9.97 Å². The Morgan fingerprint density at radius 2 is 1.94 bits per heavy atom. The lowest BCUT2D eigenvalue weighted by molar-refractivity contribution is 1.19. The molecule has 0 aliphatic rings. The van der Waals surface area contributed by atoms with Crippen molar-refractivity contribution >= 4 is 60.9 Å². The van der Waals surface area contributed by atoms with E-state index in [1.54, 1.807) is 11.3 Å². The fourth-order valence-corrected chi connectivity index (χ4v) is 3.98. The van der Waals surface area contributed by atoms with Crippen molar-refractivity contribution in [2.24, 2.45) is 0 Å². The number of H-pyrrole nitrogens is 2. The third kappa shape index (κ3) is 2.28. The smallest absolute Gasteiger partial charge is 0.306 e. The van der Waals surface area contributed by atoms with Gasteiger partial charge in [-0.3, -0.25) is 0 Å². The van der Waals surface area contributed by atoms with Crippen LogP contribution in [0.2, 0.25) is 0 Å². The van der Waals surface area contributed by atoms with Crippen molar-refractivity contribution in [3.05, 3.63) is 54.1 Å². The van der Waals surface area contributed by atoms with Crippen molar-refractivity contribution in [3.8, 4) is 0 Å². The molecule has 1 aromatic carbocycles. The highest BCUT2D eigenvalue weighted by atomic mass is 127. The number of hydrogen-bond acceptors (Lipinski definition) is 2. The molecule has 1 unspecified atom stereocenters. The van der Waals surface area contributed by atoms with Crippen molar-refractivity contribution in [1.29, 1.82) is 0 Å². The van der Waals surface area contributed by atoms with Crippen LogP contribution in [0.5, 0.6) is 0 Å². The number of benzene rings is 1. The molecule has 1 atom stereocenters. The molecule has 3 rings (SSSR count). The van der Waals surface area contributed by atoms with Gasteiger partial charge in [0.25, 0.3) is 0 Å². The lowest BCUT2D eigenvalue weighted by Crippen LogP contribution is -1.99. The second kappa shape index (κ2) is 4.82. The van der Waals surface area contributed by atoms with Gasteiger partial charge in [-0.15, -0.1) is 11.3 Å². The van der Waals surface area contributed by atoms with E-state index in [0.29, 0.717) is 0 Å². The normalized spacial score (nSPS) is 13.0. The Bertz CT molecular complexity index is 761. The van der Waals surface area contributed by atoms with Gasteiger partial charge >= 0.3 is 5.69 Å². The van der Waals surface area contributed by atoms with E-state index in [0.717, 1.165) is 16.6 Å². The fourth-order valence-electron chi connectivity index (χ4n) is 1.86. The topological polar surface area (TPSA) is 48.6 Å². The molecule has 2 aromatic heterocycles. The molecular formula is C12H8BrIN2OS. The summed E-state index contributed by atoms with van der Waals surface area (Å²) in [6.07, 6.45) is 0. The largest absolute Gasteiger partial charge is 0.323 e. The molecule has 0 spiro atoms. The monoisotopic (exact) mass is 434 g/mol. The predicted octanol–water partition coefficient (Wildman–Crippen LogP) is 4.01. The number of halogens is 2. The summed E-state index contributed by atoms with van der Waals surface area (Å²) in [5.74, 6) is 0. The van der Waals surface area contributed by atoms with E-state index < -0.39 is 0 Å². The summed E-state index contributed by atoms with van der Waals surface area (Å²) in [7, 11) is 0. The highest BCUT2D eigenvalue weighted by Gasteiger charge is 2.13. The van der Waals surface area contributed by atoms with E-state index in [1.807, 2.05) is 18.2 Å². The lowest BCUT2D eigenvalue weighted by Gasteiger charge is -2.08. The minimum Gasteiger partial charge on any atom is -0.306 e. The Hall–Kier alpha value is -0.600. The molecule has 0 saturated heterocycles. The van der Waals surface area contributed by atoms with Crippen molar-refractivity contribution in [1.82, 2.24) is 9.97 Å². The van der Waals surface area contributed by atoms with Crippen molar-refractivity contribution < 1.29 is 0 Å². The molecule has 0 amide bonds. The van der Waals surface area contributed by atoms with E-state index in [9.17, 15) is 4.79 Å². The Balaban J connectivity index is 2.05. The van der Waals surface area contributed by atoms with Gasteiger partial charge in [-0.05, 0) is 57.3 Å². The molecule has 0 saturated carbocycles. The summed E-state index contributed by atoms with van der Waals surface area (Å²) in [6.45, 7) is 0. The lowest BCUT2D eigenvalue weighted by atomic mass is 10.1. The first kappa shape index (κ1) is 12.4. The predicted molar refractivity (Wildman–Crippen MR) is 86.7 cm³/mol. The molecule has 0 radical (unpaired) electrons. The zero-order valence-corrected chi connectivity index (χ0v) is 13.6. The maximum atomic E-state index is 11.2. The molecule has 18 heavy (non-hydrogen) atoms. The van der Waals surface area contributed by atoms with Crippen molar-refractivity contribution in [2.75, 3.05) is 0 Å². The molecule has 0 aliphatic heterocycles. The molecule has 92 valence electrons. The first-order valence-corrected chi connectivity index (χ1v) is 8.11. The number of aromatic amines is 2. The zero-order valence-electron chi connectivity index (χ0n) is 9.04. The third-order valence-electron chi connectivity index (χ3n) is 2.71. The van der Waals surface area contributed by atoms with Crippen LogP contribution in [0.3, 0.4) is 0 Å². The van der Waals surface area contributed by atoms with Crippen molar-refractivity contribution in [2.45, 2.75) is 4.83 Å². The molecule has 0 fully saturated rings. The first-order valence-electron chi connectivity index (χ1n) is 5.23. The van der Waals surface area contributed by atoms with E-state index in [4.69, 9.17) is 0 Å². The van der Waals surface area contributed by atoms with E-state index >= 15 is 0 Å². The Kier molecular flexibility index (Phi) is 3.33. The minimum absolute atomic E-state index is 0.153. The molecule has 0 aliphatic carbocycles. The molecule has 3 aromatic rings. The summed E-state index contributed by atoms with van der Waals surface area (Å²) < 4.78 is 1.27. The molecule has 0 bridgehead atoms. The highest BCUT2D eigenvalue weighted by Crippen LogP contribution is 2.34. The maximum absolute atomic E-state index is 11.2. The van der Waals surface area contributed by atoms with Gasteiger partial charge in [0.05, 0.1) is 18.7 Å². The number of rotatable bonds is 2. The second-order valence-corrected chi connectivity index (χ2v) is 7.65. The zero-order chi connectivity index (χ0) is 12.7. The van der Waals surface area contributed by atoms with Gasteiger partial charge in [-0.2, -0.15) is 0 Å². The number of imidazole rings is 1. The van der Waals surface area contributed by atoms with Gasteiger partial charge in [-0.1, -0.05) is 22.0 Å². The van der Waals surface area contributed by atoms with Gasteiger partial charge in [-0.25, -0.2) is 4.79 Å². The summed E-state index contributed by atoms with van der Waals surface area (Å²) in [4.78, 5) is 16.9. The van der Waals surface area contributed by atoms with Crippen LogP contribution < -0.4 is 5.69 Å². The molecule has 3 nitrogen and oxygen atoms in total. The van der Waals surface area contributed by atoms with Crippen LogP contribution in [0.4, 0.5) is 0 Å². The highest BCUT2D eigenvalue weighted by molar-refractivity contribution is 14.1. The number of aromatic nitrogens is 2. The van der Waals surface area contributed by atoms with E-state index in [1.165, 1.54) is 8.45 Å². The van der Waals surface area contributed by atoms with Gasteiger partial charge < -0.3 is 9.97 Å². The summed E-state index contributed by atoms with van der Waals surface area (Å²) in [5, 5.41) is 2.14. The number of thiophene rings is 1. The van der Waals surface area contributed by atoms with Crippen LogP contribution >= 0.6 is 49.9 Å². The van der Waals surface area contributed by atoms with E-state index in [2.05, 4.69) is 59.9 Å². The number of fused-ring (bicyclic) bond motifs is 1. The average molecular weight is 435 g/mol. The summed E-state index contributed by atoms with van der Waals surface area (Å²) >= 11 is 7.74. The van der Waals surface area contributed by atoms with Crippen LogP contribution in [0, 0.1) is 2.88 Å². The quantitative estimate of drug-likeness (QED) is 0.464. The van der Waals surface area contributed by atoms with Crippen LogP contribution in [0.15, 0.2) is 34.4 Å². The fraction of sp³-hybridized carbons (Fsp3) is 0.0833. The molecule has 2 heterocycles. The summed E-state index contributed by atoms with van der Waals surface area (Å²) in [6, 6.07) is 8.11. The minimum atomic E-state index is -0.168. The van der Waals surface area contributed by atoms with Gasteiger partial charge in [0.1, 0.15) is 0 Å². The van der Waals surface area contributed by atoms with Gasteiger partial charge in [0.15, 0.2) is 0 Å². The van der Waals surface area contributed by atoms with Gasteiger partial charge in [0.2, 0.25) is 0 Å². The van der Waals surface area contributed by atoms with Crippen LogP contribution in [-0.2, 0) is 0 Å². The second-order valence-electron chi connectivity index (χ2n) is 3.93. The van der Waals surface area contributed by atoms with Crippen LogP contribution in [0.1, 0.15) is 16.0 Å². The first-order chi connectivity index (χ1) is 8.63. The van der Waals surface area contributed by atoms with Crippen LogP contribution in [0.25, 0.3) is 11.0 Å². The number of alkyl halides is 1. The standard InChI is InChI=1S/C12H8BrIN2OS/c13-11(7-4-10(14)18-5-7)6-1-2-8-9(3-6)16-12(17)15-8/h1-5,11H,(H2,15,16,17). The third-order valence-corrected chi connectivity index (χ3v) is 5.58. The maximum Gasteiger partial charge on any atom is 0.323 e. The molecular weight excluding hydrogens is 427 g/mol. The van der Waals surface area contributed by atoms with Crippen molar-refractivity contribution in [3.63, 3.8) is 0 Å². The Labute approximate surface area is 129 Å². The van der Waals surface area contributed by atoms with Gasteiger partial charge in [0, 0.05) is 0 Å². The Morgan fingerprint density at radius 3 is 2.67 bits per heavy atom. The molecule has 6 heteroatoms. The SMILES string of the molecule is O=c1[nH]c2ccc(C(Br)c3csc(I)c3)cc2[nH]1. The summed E-state index contributed by atoms with van der Waals surface area (Å²) in [5.41, 5.74) is 3.88. The average Bonchev–Trinajstić information content (AvgIpc) is 2.92. The Morgan fingerprint density at radius 1 is 1.17 bits per heavy atom. The van der Waals surface area contributed by atoms with E-state index in [-0.39, 0.29) is 10.5 Å². The number of nitrogens with one attached hydrogen (secondary N) is 2. The number of hydrogen-bond donors (Lipinski definition) is 2.